The van der Waals surface area contributed by atoms with Crippen LogP contribution in [0.4, 0.5) is 0 Å². The summed E-state index contributed by atoms with van der Waals surface area (Å²) in [5, 5.41) is 3.23. The van der Waals surface area contributed by atoms with Gasteiger partial charge in [-0.15, -0.1) is 0 Å². The lowest BCUT2D eigenvalue weighted by Gasteiger charge is -2.26. The van der Waals surface area contributed by atoms with Gasteiger partial charge in [-0.3, -0.25) is 9.59 Å². The van der Waals surface area contributed by atoms with Gasteiger partial charge in [0.2, 0.25) is 0 Å². The lowest BCUT2D eigenvalue weighted by atomic mass is 9.96. The van der Waals surface area contributed by atoms with E-state index in [1.807, 2.05) is 18.2 Å². The molecule has 1 aliphatic heterocycles. The summed E-state index contributed by atoms with van der Waals surface area (Å²) in [4.78, 5) is 27.2. The molecule has 0 saturated heterocycles. The zero-order valence-corrected chi connectivity index (χ0v) is 15.7. The van der Waals surface area contributed by atoms with Gasteiger partial charge in [0.05, 0.1) is 18.7 Å². The molecule has 1 aromatic carbocycles. The lowest BCUT2D eigenvalue weighted by molar-refractivity contribution is 0.0936. The Bertz CT molecular complexity index is 907. The molecule has 3 rings (SSSR count). The Kier molecular flexibility index (Phi) is 5.23. The van der Waals surface area contributed by atoms with Crippen LogP contribution in [0.25, 0.3) is 0 Å². The van der Waals surface area contributed by atoms with E-state index in [4.69, 9.17) is 21.1 Å². The van der Waals surface area contributed by atoms with Crippen molar-refractivity contribution in [1.29, 1.82) is 0 Å². The molecule has 0 bridgehead atoms. The number of hydrogen-bond acceptors (Lipinski definition) is 4. The van der Waals surface area contributed by atoms with Crippen LogP contribution in [0.3, 0.4) is 0 Å². The Balaban J connectivity index is 1.70. The highest BCUT2D eigenvalue weighted by atomic mass is 35.5. The van der Waals surface area contributed by atoms with E-state index in [0.717, 1.165) is 17.7 Å². The monoisotopic (exact) mass is 376 g/mol. The smallest absolute Gasteiger partial charge is 0.261 e. The van der Waals surface area contributed by atoms with Crippen molar-refractivity contribution < 1.29 is 14.3 Å². The summed E-state index contributed by atoms with van der Waals surface area (Å²) in [7, 11) is 1.61. The van der Waals surface area contributed by atoms with Crippen molar-refractivity contribution >= 4 is 17.5 Å². The first-order chi connectivity index (χ1) is 12.4. The number of aromatic amines is 1. The number of fused-ring (bicyclic) bond motifs is 1. The number of para-hydroxylation sites is 1. The second-order valence-corrected chi connectivity index (χ2v) is 6.81. The minimum absolute atomic E-state index is 0.0550. The maximum absolute atomic E-state index is 12.5. The highest BCUT2D eigenvalue weighted by Crippen LogP contribution is 2.35. The number of aromatic nitrogens is 1. The van der Waals surface area contributed by atoms with Crippen molar-refractivity contribution in [2.24, 2.45) is 5.92 Å². The predicted octanol–water partition coefficient (Wildman–Crippen LogP) is 2.63. The van der Waals surface area contributed by atoms with E-state index in [-0.39, 0.29) is 11.5 Å². The fraction of sp³-hybridized carbons (Fsp3) is 0.368. The van der Waals surface area contributed by atoms with Gasteiger partial charge in [-0.05, 0) is 37.5 Å². The van der Waals surface area contributed by atoms with Gasteiger partial charge in [0, 0.05) is 18.2 Å². The molecule has 2 aromatic rings. The second kappa shape index (κ2) is 7.41. The molecule has 1 atom stereocenters. The number of halogens is 1. The summed E-state index contributed by atoms with van der Waals surface area (Å²) in [5.74, 6) is 1.15. The average Bonchev–Trinajstić information content (AvgIpc) is 2.63. The van der Waals surface area contributed by atoms with Crippen LogP contribution in [0.1, 0.15) is 27.2 Å². The number of methoxy groups -OCH3 is 1. The summed E-state index contributed by atoms with van der Waals surface area (Å²) in [5.41, 5.74) is 1.70. The number of benzene rings is 1. The van der Waals surface area contributed by atoms with Crippen LogP contribution in [0.15, 0.2) is 23.0 Å². The normalized spacial score (nSPS) is 15.8. The first-order valence-corrected chi connectivity index (χ1v) is 8.76. The maximum atomic E-state index is 12.5. The van der Waals surface area contributed by atoms with Gasteiger partial charge in [0.15, 0.2) is 11.5 Å². The number of rotatable bonds is 4. The first kappa shape index (κ1) is 18.3. The van der Waals surface area contributed by atoms with Crippen molar-refractivity contribution in [3.8, 4) is 11.5 Å². The molecule has 1 unspecified atom stereocenters. The zero-order valence-electron chi connectivity index (χ0n) is 14.9. The van der Waals surface area contributed by atoms with E-state index in [1.165, 1.54) is 0 Å². The van der Waals surface area contributed by atoms with Crippen LogP contribution in [-0.2, 0) is 6.42 Å². The average molecular weight is 377 g/mol. The zero-order chi connectivity index (χ0) is 18.8. The molecule has 0 fully saturated rings. The van der Waals surface area contributed by atoms with Crippen molar-refractivity contribution in [3.63, 3.8) is 0 Å². The number of amides is 1. The third-order valence-corrected chi connectivity index (χ3v) is 5.16. The summed E-state index contributed by atoms with van der Waals surface area (Å²) in [6.07, 6.45) is 0.761. The fourth-order valence-corrected chi connectivity index (χ4v) is 3.34. The summed E-state index contributed by atoms with van der Waals surface area (Å²) < 4.78 is 11.1. The van der Waals surface area contributed by atoms with Crippen LogP contribution in [0.5, 0.6) is 11.5 Å². The van der Waals surface area contributed by atoms with Crippen LogP contribution in [0.2, 0.25) is 5.02 Å². The molecular weight excluding hydrogens is 356 g/mol. The Morgan fingerprint density at radius 3 is 2.92 bits per heavy atom. The van der Waals surface area contributed by atoms with Crippen molar-refractivity contribution in [3.05, 3.63) is 56.0 Å². The minimum atomic E-state index is -0.433. The quantitative estimate of drug-likeness (QED) is 0.859. The predicted molar refractivity (Wildman–Crippen MR) is 99.6 cm³/mol. The van der Waals surface area contributed by atoms with E-state index in [0.29, 0.717) is 35.2 Å². The van der Waals surface area contributed by atoms with Gasteiger partial charge in [-0.1, -0.05) is 23.7 Å². The SMILES string of the molecule is COc1cccc2c1OCC(CNC(=O)c1c(C)c(Cl)c(C)[nH]c1=O)C2. The van der Waals surface area contributed by atoms with Crippen LogP contribution < -0.4 is 20.3 Å². The van der Waals surface area contributed by atoms with E-state index >= 15 is 0 Å². The van der Waals surface area contributed by atoms with E-state index < -0.39 is 11.5 Å². The topological polar surface area (TPSA) is 80.4 Å². The number of nitrogens with one attached hydrogen (secondary N) is 2. The second-order valence-electron chi connectivity index (χ2n) is 6.43. The highest BCUT2D eigenvalue weighted by Gasteiger charge is 2.24. The fourth-order valence-electron chi connectivity index (χ4n) is 3.20. The van der Waals surface area contributed by atoms with Gasteiger partial charge in [-0.2, -0.15) is 0 Å². The number of aryl methyl sites for hydroxylation is 1. The molecule has 0 radical (unpaired) electrons. The Morgan fingerprint density at radius 2 is 2.19 bits per heavy atom. The largest absolute Gasteiger partial charge is 0.493 e. The Labute approximate surface area is 156 Å². The maximum Gasteiger partial charge on any atom is 0.261 e. The molecule has 0 saturated carbocycles. The third kappa shape index (κ3) is 3.42. The van der Waals surface area contributed by atoms with Gasteiger partial charge in [-0.25, -0.2) is 0 Å². The molecule has 2 N–H and O–H groups in total. The summed E-state index contributed by atoms with van der Waals surface area (Å²) in [6, 6.07) is 5.76. The van der Waals surface area contributed by atoms with E-state index in [1.54, 1.807) is 21.0 Å². The number of ether oxygens (including phenoxy) is 2. The highest BCUT2D eigenvalue weighted by molar-refractivity contribution is 6.32. The number of carbonyl (C=O) groups excluding carboxylic acids is 1. The molecular formula is C19H21ClN2O4. The van der Waals surface area contributed by atoms with Crippen molar-refractivity contribution in [1.82, 2.24) is 10.3 Å². The summed E-state index contributed by atoms with van der Waals surface area (Å²) >= 11 is 6.15. The number of hydrogen-bond donors (Lipinski definition) is 2. The van der Waals surface area contributed by atoms with E-state index in [2.05, 4.69) is 10.3 Å². The molecule has 0 aliphatic carbocycles. The molecule has 1 aromatic heterocycles. The Hall–Kier alpha value is -2.47. The molecule has 0 spiro atoms. The molecule has 6 nitrogen and oxygen atoms in total. The van der Waals surface area contributed by atoms with Crippen molar-refractivity contribution in [2.45, 2.75) is 20.3 Å². The van der Waals surface area contributed by atoms with Gasteiger partial charge >= 0.3 is 0 Å². The van der Waals surface area contributed by atoms with Crippen LogP contribution in [0, 0.1) is 19.8 Å². The molecule has 1 amide bonds. The number of carbonyl (C=O) groups is 1. The number of pyridine rings is 1. The third-order valence-electron chi connectivity index (χ3n) is 4.59. The van der Waals surface area contributed by atoms with Crippen molar-refractivity contribution in [2.75, 3.05) is 20.3 Å². The van der Waals surface area contributed by atoms with Gasteiger partial charge in [0.25, 0.3) is 11.5 Å². The molecule has 2 heterocycles. The Morgan fingerprint density at radius 1 is 1.42 bits per heavy atom. The number of H-pyrrole nitrogens is 1. The van der Waals surface area contributed by atoms with Crippen LogP contribution in [-0.4, -0.2) is 31.2 Å². The molecule has 1 aliphatic rings. The molecule has 7 heteroatoms. The first-order valence-electron chi connectivity index (χ1n) is 8.38. The van der Waals surface area contributed by atoms with Crippen LogP contribution >= 0.6 is 11.6 Å². The standard InChI is InChI=1S/C19H21ClN2O4/c1-10-15(19(24)22-11(2)16(10)20)18(23)21-8-12-7-13-5-4-6-14(25-3)17(13)26-9-12/h4-6,12H,7-9H2,1-3H3,(H,21,23)(H,22,24). The van der Waals surface area contributed by atoms with E-state index in [9.17, 15) is 9.59 Å². The minimum Gasteiger partial charge on any atom is -0.493 e. The lowest BCUT2D eigenvalue weighted by Crippen LogP contribution is -2.37. The van der Waals surface area contributed by atoms with Gasteiger partial charge in [0.1, 0.15) is 5.56 Å². The molecule has 26 heavy (non-hydrogen) atoms. The van der Waals surface area contributed by atoms with Gasteiger partial charge < -0.3 is 19.8 Å². The molecule has 138 valence electrons. The summed E-state index contributed by atoms with van der Waals surface area (Å²) in [6.45, 7) is 4.24.